The number of hydrogen-bond acceptors (Lipinski definition) is 3. The van der Waals surface area contributed by atoms with Crippen molar-refractivity contribution in [2.75, 3.05) is 0 Å². The predicted molar refractivity (Wildman–Crippen MR) is 81.1 cm³/mol. The van der Waals surface area contributed by atoms with Gasteiger partial charge in [-0.05, 0) is 17.7 Å². The Morgan fingerprint density at radius 1 is 1.05 bits per heavy atom. The molecule has 1 atom stereocenters. The summed E-state index contributed by atoms with van der Waals surface area (Å²) in [5.41, 5.74) is 0.728. The van der Waals surface area contributed by atoms with Gasteiger partial charge >= 0.3 is 0 Å². The molecular formula is C15H13ClO4S. The van der Waals surface area contributed by atoms with Gasteiger partial charge in [-0.2, -0.15) is 8.42 Å². The Kier molecular flexibility index (Phi) is 4.77. The average molecular weight is 325 g/mol. The van der Waals surface area contributed by atoms with E-state index >= 15 is 0 Å². The molecule has 2 rings (SSSR count). The molecule has 0 spiro atoms. The molecule has 0 saturated heterocycles. The van der Waals surface area contributed by atoms with Gasteiger partial charge in [0.25, 0.3) is 10.1 Å². The molecule has 1 unspecified atom stereocenters. The van der Waals surface area contributed by atoms with Crippen LogP contribution < -0.4 is 0 Å². The summed E-state index contributed by atoms with van der Waals surface area (Å²) in [6.45, 7) is 0. The number of carbonyl (C=O) groups excluding carboxylic acids is 1. The van der Waals surface area contributed by atoms with Crippen LogP contribution in [0.1, 0.15) is 27.6 Å². The summed E-state index contributed by atoms with van der Waals surface area (Å²) in [6, 6.07) is 14.4. The maximum Gasteiger partial charge on any atom is 0.272 e. The molecule has 0 amide bonds. The van der Waals surface area contributed by atoms with E-state index in [0.29, 0.717) is 16.1 Å². The molecule has 0 aromatic heterocycles. The molecule has 6 heteroatoms. The lowest BCUT2D eigenvalue weighted by Crippen LogP contribution is -2.16. The quantitative estimate of drug-likeness (QED) is 0.674. The summed E-state index contributed by atoms with van der Waals surface area (Å²) in [6.07, 6.45) is -0.329. The van der Waals surface area contributed by atoms with E-state index in [2.05, 4.69) is 0 Å². The van der Waals surface area contributed by atoms with Crippen molar-refractivity contribution in [3.63, 3.8) is 0 Å². The molecule has 21 heavy (non-hydrogen) atoms. The third kappa shape index (κ3) is 4.14. The highest BCUT2D eigenvalue weighted by Crippen LogP contribution is 2.28. The summed E-state index contributed by atoms with van der Waals surface area (Å²) in [7, 11) is -4.40. The summed E-state index contributed by atoms with van der Waals surface area (Å²) in [5, 5.41) is -0.857. The first kappa shape index (κ1) is 15.7. The van der Waals surface area contributed by atoms with Crippen LogP contribution in [0.3, 0.4) is 0 Å². The molecule has 0 radical (unpaired) electrons. The molecule has 2 aromatic carbocycles. The van der Waals surface area contributed by atoms with Gasteiger partial charge in [0.1, 0.15) is 5.25 Å². The van der Waals surface area contributed by atoms with Crippen molar-refractivity contribution in [2.45, 2.75) is 11.7 Å². The van der Waals surface area contributed by atoms with Crippen molar-refractivity contribution >= 4 is 27.5 Å². The number of carbonyl (C=O) groups is 1. The summed E-state index contributed by atoms with van der Waals surface area (Å²) >= 11 is 5.75. The van der Waals surface area contributed by atoms with E-state index in [-0.39, 0.29) is 12.2 Å². The van der Waals surface area contributed by atoms with Gasteiger partial charge in [0.05, 0.1) is 0 Å². The minimum Gasteiger partial charge on any atom is -0.294 e. The Hall–Kier alpha value is -1.69. The van der Waals surface area contributed by atoms with E-state index in [9.17, 15) is 17.8 Å². The third-order valence-electron chi connectivity index (χ3n) is 3.07. The Morgan fingerprint density at radius 3 is 2.14 bits per heavy atom. The van der Waals surface area contributed by atoms with Gasteiger partial charge in [-0.25, -0.2) is 0 Å². The number of hydrogen-bond donors (Lipinski definition) is 1. The Morgan fingerprint density at radius 2 is 1.62 bits per heavy atom. The maximum atomic E-state index is 12.1. The number of ketones is 1. The number of halogens is 1. The van der Waals surface area contributed by atoms with E-state index in [1.54, 1.807) is 30.3 Å². The molecule has 0 bridgehead atoms. The summed E-state index contributed by atoms with van der Waals surface area (Å²) in [5.74, 6) is -0.354. The van der Waals surface area contributed by atoms with Crippen LogP contribution >= 0.6 is 11.6 Å². The van der Waals surface area contributed by atoms with Crippen LogP contribution in [0.15, 0.2) is 54.6 Å². The highest BCUT2D eigenvalue weighted by atomic mass is 35.5. The van der Waals surface area contributed by atoms with E-state index in [4.69, 9.17) is 11.6 Å². The van der Waals surface area contributed by atoms with Crippen LogP contribution in [0, 0.1) is 0 Å². The lowest BCUT2D eigenvalue weighted by Gasteiger charge is -2.13. The molecule has 0 aliphatic rings. The van der Waals surface area contributed by atoms with Crippen molar-refractivity contribution in [2.24, 2.45) is 0 Å². The first-order valence-corrected chi connectivity index (χ1v) is 8.06. The summed E-state index contributed by atoms with van der Waals surface area (Å²) in [4.78, 5) is 12.1. The van der Waals surface area contributed by atoms with Gasteiger partial charge in [0.2, 0.25) is 0 Å². The smallest absolute Gasteiger partial charge is 0.272 e. The van der Waals surface area contributed by atoms with E-state index in [0.717, 1.165) is 0 Å². The lowest BCUT2D eigenvalue weighted by molar-refractivity contribution is 0.0979. The van der Waals surface area contributed by atoms with Crippen LogP contribution in [0.4, 0.5) is 0 Å². The van der Waals surface area contributed by atoms with E-state index in [1.807, 2.05) is 0 Å². The van der Waals surface area contributed by atoms with Crippen molar-refractivity contribution in [3.05, 3.63) is 70.7 Å². The van der Waals surface area contributed by atoms with Crippen LogP contribution in [0.25, 0.3) is 0 Å². The minimum absolute atomic E-state index is 0.325. The molecule has 0 saturated carbocycles. The first-order valence-electron chi connectivity index (χ1n) is 6.18. The Labute approximate surface area is 128 Å². The van der Waals surface area contributed by atoms with Crippen LogP contribution in [0.5, 0.6) is 0 Å². The van der Waals surface area contributed by atoms with Crippen molar-refractivity contribution in [1.82, 2.24) is 0 Å². The fourth-order valence-electron chi connectivity index (χ4n) is 1.98. The Bertz CT molecular complexity index is 724. The minimum atomic E-state index is -4.40. The number of benzene rings is 2. The van der Waals surface area contributed by atoms with E-state index < -0.39 is 15.4 Å². The second-order valence-corrected chi connectivity index (χ2v) is 6.58. The molecule has 0 aliphatic heterocycles. The Balaban J connectivity index is 2.30. The normalized spacial score (nSPS) is 12.9. The van der Waals surface area contributed by atoms with Crippen molar-refractivity contribution in [3.8, 4) is 0 Å². The molecule has 110 valence electrons. The number of Topliss-reactive ketones (excluding diaryl/α,β-unsaturated/α-hetero) is 1. The highest BCUT2D eigenvalue weighted by molar-refractivity contribution is 7.86. The third-order valence-corrected chi connectivity index (χ3v) is 4.48. The van der Waals surface area contributed by atoms with Crippen LogP contribution in [-0.2, 0) is 10.1 Å². The molecular weight excluding hydrogens is 312 g/mol. The standard InChI is InChI=1S/C15H13ClO4S/c16-13-8-6-12(7-9-13)15(21(18,19)20)10-14(17)11-4-2-1-3-5-11/h1-9,15H,10H2,(H,18,19,20). The molecule has 1 N–H and O–H groups in total. The van der Waals surface area contributed by atoms with Gasteiger partial charge in [0, 0.05) is 17.0 Å². The molecule has 4 nitrogen and oxygen atoms in total. The van der Waals surface area contributed by atoms with Gasteiger partial charge in [-0.3, -0.25) is 9.35 Å². The van der Waals surface area contributed by atoms with Crippen LogP contribution in [0.2, 0.25) is 5.02 Å². The molecule has 0 aliphatic carbocycles. The maximum absolute atomic E-state index is 12.1. The fourth-order valence-corrected chi connectivity index (χ4v) is 2.97. The fraction of sp³-hybridized carbons (Fsp3) is 0.133. The predicted octanol–water partition coefficient (Wildman–Crippen LogP) is 3.54. The average Bonchev–Trinajstić information content (AvgIpc) is 2.45. The SMILES string of the molecule is O=C(CC(c1ccc(Cl)cc1)S(=O)(=O)O)c1ccccc1. The second kappa shape index (κ2) is 6.39. The second-order valence-electron chi connectivity index (χ2n) is 4.55. The number of rotatable bonds is 5. The zero-order chi connectivity index (χ0) is 15.5. The van der Waals surface area contributed by atoms with Gasteiger partial charge in [0.15, 0.2) is 5.78 Å². The van der Waals surface area contributed by atoms with Gasteiger partial charge in [-0.1, -0.05) is 54.1 Å². The zero-order valence-corrected chi connectivity index (χ0v) is 12.5. The largest absolute Gasteiger partial charge is 0.294 e. The van der Waals surface area contributed by atoms with Crippen molar-refractivity contribution in [1.29, 1.82) is 0 Å². The highest BCUT2D eigenvalue weighted by Gasteiger charge is 2.28. The first-order chi connectivity index (χ1) is 9.88. The lowest BCUT2D eigenvalue weighted by atomic mass is 10.0. The van der Waals surface area contributed by atoms with E-state index in [1.165, 1.54) is 24.3 Å². The van der Waals surface area contributed by atoms with Crippen molar-refractivity contribution < 1.29 is 17.8 Å². The molecule has 0 heterocycles. The monoisotopic (exact) mass is 324 g/mol. The molecule has 0 fully saturated rings. The van der Waals surface area contributed by atoms with Crippen LogP contribution in [-0.4, -0.2) is 18.8 Å². The molecule has 2 aromatic rings. The van der Waals surface area contributed by atoms with Gasteiger partial charge in [-0.15, -0.1) is 0 Å². The topological polar surface area (TPSA) is 71.4 Å². The summed E-state index contributed by atoms with van der Waals surface area (Å²) < 4.78 is 32.5. The zero-order valence-electron chi connectivity index (χ0n) is 10.9. The van der Waals surface area contributed by atoms with Gasteiger partial charge < -0.3 is 0 Å².